The molecule has 5 nitrogen and oxygen atoms in total. The predicted molar refractivity (Wildman–Crippen MR) is 96.9 cm³/mol. The maximum absolute atomic E-state index is 12.4. The molecule has 1 N–H and O–H groups in total. The van der Waals surface area contributed by atoms with Gasteiger partial charge in [0, 0.05) is 18.3 Å². The van der Waals surface area contributed by atoms with Crippen molar-refractivity contribution in [3.05, 3.63) is 23.2 Å². The van der Waals surface area contributed by atoms with Crippen molar-refractivity contribution in [2.24, 2.45) is 0 Å². The summed E-state index contributed by atoms with van der Waals surface area (Å²) >= 11 is 6.10. The minimum Gasteiger partial charge on any atom is -0.495 e. The molecule has 1 aliphatic heterocycles. The van der Waals surface area contributed by atoms with Gasteiger partial charge in [0.2, 0.25) is 5.91 Å². The Hall–Kier alpha value is -1.30. The smallest absolute Gasteiger partial charge is 0.238 e. The Morgan fingerprint density at radius 3 is 2.83 bits per heavy atom. The Labute approximate surface area is 149 Å². The van der Waals surface area contributed by atoms with Gasteiger partial charge in [0.15, 0.2) is 0 Å². The molecule has 0 saturated carbocycles. The Morgan fingerprint density at radius 2 is 2.25 bits per heavy atom. The summed E-state index contributed by atoms with van der Waals surface area (Å²) in [5.74, 6) is 0.552. The van der Waals surface area contributed by atoms with Gasteiger partial charge >= 0.3 is 0 Å². The maximum atomic E-state index is 12.4. The van der Waals surface area contributed by atoms with E-state index in [1.807, 2.05) is 0 Å². The number of benzene rings is 1. The number of amides is 1. The van der Waals surface area contributed by atoms with Crippen LogP contribution in [0.2, 0.25) is 5.02 Å². The van der Waals surface area contributed by atoms with Crippen molar-refractivity contribution in [1.29, 1.82) is 0 Å². The molecular weight excluding hydrogens is 328 g/mol. The number of anilines is 1. The van der Waals surface area contributed by atoms with Crippen molar-refractivity contribution in [1.82, 2.24) is 4.90 Å². The zero-order chi connectivity index (χ0) is 17.7. The molecule has 6 heteroatoms. The lowest BCUT2D eigenvalue weighted by molar-refractivity contribution is -0.120. The average Bonchev–Trinajstić information content (AvgIpc) is 2.51. The van der Waals surface area contributed by atoms with E-state index in [-0.39, 0.29) is 11.5 Å². The van der Waals surface area contributed by atoms with E-state index >= 15 is 0 Å². The Kier molecular flexibility index (Phi) is 6.49. The second kappa shape index (κ2) is 8.19. The molecule has 0 radical (unpaired) electrons. The fraction of sp³-hybridized carbons (Fsp3) is 0.611. The predicted octanol–water partition coefficient (Wildman–Crippen LogP) is 3.57. The zero-order valence-corrected chi connectivity index (χ0v) is 15.7. The lowest BCUT2D eigenvalue weighted by Crippen LogP contribution is -2.48. The number of nitrogens with zero attached hydrogens (tertiary/aromatic N) is 1. The normalized spacial score (nSPS) is 20.0. The van der Waals surface area contributed by atoms with Gasteiger partial charge in [-0.15, -0.1) is 0 Å². The fourth-order valence-electron chi connectivity index (χ4n) is 3.14. The molecule has 1 heterocycles. The third kappa shape index (κ3) is 5.10. The van der Waals surface area contributed by atoms with E-state index in [0.29, 0.717) is 29.0 Å². The summed E-state index contributed by atoms with van der Waals surface area (Å²) in [4.78, 5) is 14.6. The van der Waals surface area contributed by atoms with Gasteiger partial charge < -0.3 is 14.8 Å². The van der Waals surface area contributed by atoms with E-state index in [0.717, 1.165) is 26.0 Å². The number of halogens is 1. The summed E-state index contributed by atoms with van der Waals surface area (Å²) < 4.78 is 10.9. The SMILES string of the molecule is CCN(CC(=O)Nc1ccc(OC)c(Cl)c1)[C@@H]1CCOC(C)(C)C1. The molecule has 1 aromatic rings. The molecule has 1 aromatic carbocycles. The van der Waals surface area contributed by atoms with Crippen molar-refractivity contribution < 1.29 is 14.3 Å². The molecule has 0 bridgehead atoms. The number of rotatable bonds is 6. The highest BCUT2D eigenvalue weighted by molar-refractivity contribution is 6.32. The quantitative estimate of drug-likeness (QED) is 0.848. The van der Waals surface area contributed by atoms with Crippen LogP contribution < -0.4 is 10.1 Å². The molecule has 134 valence electrons. The van der Waals surface area contributed by atoms with Crippen LogP contribution in [0.4, 0.5) is 5.69 Å². The topological polar surface area (TPSA) is 50.8 Å². The summed E-state index contributed by atoms with van der Waals surface area (Å²) in [6.07, 6.45) is 1.89. The Bertz CT molecular complexity index is 577. The molecule has 1 saturated heterocycles. The van der Waals surface area contributed by atoms with Crippen LogP contribution in [0.3, 0.4) is 0 Å². The van der Waals surface area contributed by atoms with Crippen molar-refractivity contribution in [2.75, 3.05) is 32.1 Å². The average molecular weight is 355 g/mol. The van der Waals surface area contributed by atoms with Crippen LogP contribution in [-0.2, 0) is 9.53 Å². The molecular formula is C18H27ClN2O3. The highest BCUT2D eigenvalue weighted by Gasteiger charge is 2.32. The first-order valence-electron chi connectivity index (χ1n) is 8.36. The summed E-state index contributed by atoms with van der Waals surface area (Å²) in [7, 11) is 1.56. The van der Waals surface area contributed by atoms with Crippen LogP contribution in [0.25, 0.3) is 0 Å². The molecule has 0 aromatic heterocycles. The molecule has 1 fully saturated rings. The number of methoxy groups -OCH3 is 1. The second-order valence-electron chi connectivity index (χ2n) is 6.72. The van der Waals surface area contributed by atoms with Crippen LogP contribution in [0.1, 0.15) is 33.6 Å². The summed E-state index contributed by atoms with van der Waals surface area (Å²) in [6.45, 7) is 8.22. The number of likely N-dealkylation sites (N-methyl/N-ethyl adjacent to an activating group) is 1. The summed E-state index contributed by atoms with van der Waals surface area (Å²) in [5.41, 5.74) is 0.546. The number of carbonyl (C=O) groups is 1. The van der Waals surface area contributed by atoms with Gasteiger partial charge in [0.1, 0.15) is 5.75 Å². The van der Waals surface area contributed by atoms with E-state index in [4.69, 9.17) is 21.1 Å². The van der Waals surface area contributed by atoms with Gasteiger partial charge in [0.05, 0.1) is 24.3 Å². The summed E-state index contributed by atoms with van der Waals surface area (Å²) in [6, 6.07) is 5.60. The monoisotopic (exact) mass is 354 g/mol. The molecule has 1 aliphatic rings. The van der Waals surface area contributed by atoms with E-state index in [2.05, 4.69) is 31.0 Å². The van der Waals surface area contributed by atoms with Crippen LogP contribution in [0.5, 0.6) is 5.75 Å². The lowest BCUT2D eigenvalue weighted by Gasteiger charge is -2.40. The van der Waals surface area contributed by atoms with E-state index < -0.39 is 0 Å². The van der Waals surface area contributed by atoms with E-state index in [1.54, 1.807) is 25.3 Å². The second-order valence-corrected chi connectivity index (χ2v) is 7.12. The molecule has 1 atom stereocenters. The van der Waals surface area contributed by atoms with Gasteiger partial charge in [-0.3, -0.25) is 9.69 Å². The van der Waals surface area contributed by atoms with Crippen LogP contribution in [0, 0.1) is 0 Å². The highest BCUT2D eigenvalue weighted by Crippen LogP contribution is 2.28. The molecule has 0 unspecified atom stereocenters. The largest absolute Gasteiger partial charge is 0.495 e. The van der Waals surface area contributed by atoms with Gasteiger partial charge in [-0.05, 0) is 51.4 Å². The van der Waals surface area contributed by atoms with Gasteiger partial charge in [0.25, 0.3) is 0 Å². The minimum atomic E-state index is -0.129. The van der Waals surface area contributed by atoms with Crippen molar-refractivity contribution in [3.8, 4) is 5.75 Å². The first kappa shape index (κ1) is 19.0. The molecule has 1 amide bonds. The molecule has 24 heavy (non-hydrogen) atoms. The minimum absolute atomic E-state index is 0.0395. The maximum Gasteiger partial charge on any atom is 0.238 e. The van der Waals surface area contributed by atoms with Gasteiger partial charge in [-0.2, -0.15) is 0 Å². The summed E-state index contributed by atoms with van der Waals surface area (Å²) in [5, 5.41) is 3.39. The zero-order valence-electron chi connectivity index (χ0n) is 14.9. The fourth-order valence-corrected chi connectivity index (χ4v) is 3.40. The third-order valence-electron chi connectivity index (χ3n) is 4.38. The number of carbonyl (C=O) groups excluding carboxylic acids is 1. The molecule has 0 spiro atoms. The van der Waals surface area contributed by atoms with Gasteiger partial charge in [-0.25, -0.2) is 0 Å². The molecule has 2 rings (SSSR count). The Morgan fingerprint density at radius 1 is 1.50 bits per heavy atom. The van der Waals surface area contributed by atoms with E-state index in [1.165, 1.54) is 0 Å². The number of nitrogens with one attached hydrogen (secondary N) is 1. The Balaban J connectivity index is 1.95. The highest BCUT2D eigenvalue weighted by atomic mass is 35.5. The van der Waals surface area contributed by atoms with Crippen LogP contribution >= 0.6 is 11.6 Å². The van der Waals surface area contributed by atoms with Crippen molar-refractivity contribution in [2.45, 2.75) is 45.3 Å². The third-order valence-corrected chi connectivity index (χ3v) is 4.67. The molecule has 0 aliphatic carbocycles. The van der Waals surface area contributed by atoms with Crippen LogP contribution in [-0.4, -0.2) is 49.3 Å². The first-order chi connectivity index (χ1) is 11.3. The van der Waals surface area contributed by atoms with Crippen LogP contribution in [0.15, 0.2) is 18.2 Å². The number of ether oxygens (including phenoxy) is 2. The van der Waals surface area contributed by atoms with Crippen molar-refractivity contribution in [3.63, 3.8) is 0 Å². The first-order valence-corrected chi connectivity index (χ1v) is 8.74. The van der Waals surface area contributed by atoms with Crippen molar-refractivity contribution >= 4 is 23.2 Å². The number of hydrogen-bond donors (Lipinski definition) is 1. The van der Waals surface area contributed by atoms with E-state index in [9.17, 15) is 4.79 Å². The lowest BCUT2D eigenvalue weighted by atomic mass is 9.93. The standard InChI is InChI=1S/C18H27ClN2O3/c1-5-21(14-8-9-24-18(2,3)11-14)12-17(22)20-13-6-7-16(23-4)15(19)10-13/h6-7,10,14H,5,8-9,11-12H2,1-4H3,(H,20,22)/t14-/m1/s1. The van der Waals surface area contributed by atoms with Gasteiger partial charge in [-0.1, -0.05) is 18.5 Å². The number of hydrogen-bond acceptors (Lipinski definition) is 4.